The molecule has 0 aliphatic carbocycles. The molecule has 43 heavy (non-hydrogen) atoms. The second kappa shape index (κ2) is 8.50. The second-order valence-corrected chi connectivity index (χ2v) is 11.7. The third-order valence-electron chi connectivity index (χ3n) is 9.54. The molecule has 0 saturated heterocycles. The predicted molar refractivity (Wildman–Crippen MR) is 183 cm³/mol. The highest BCUT2D eigenvalue weighted by Crippen LogP contribution is 2.47. The second-order valence-electron chi connectivity index (χ2n) is 11.7. The van der Waals surface area contributed by atoms with Gasteiger partial charge in [-0.15, -0.1) is 0 Å². The van der Waals surface area contributed by atoms with Gasteiger partial charge in [0.05, 0.1) is 5.69 Å². The van der Waals surface area contributed by atoms with Crippen LogP contribution in [0.5, 0.6) is 0 Å². The summed E-state index contributed by atoms with van der Waals surface area (Å²) in [5, 5.41) is 5.13. The first-order valence-electron chi connectivity index (χ1n) is 15.0. The minimum Gasteiger partial charge on any atom is -0.375 e. The Morgan fingerprint density at radius 1 is 0.442 bits per heavy atom. The van der Waals surface area contributed by atoms with Crippen molar-refractivity contribution in [3.8, 4) is 22.3 Å². The molecular formula is C40H25BN2. The van der Waals surface area contributed by atoms with Gasteiger partial charge < -0.3 is 9.38 Å². The molecule has 2 aliphatic rings. The highest BCUT2D eigenvalue weighted by molar-refractivity contribution is 6.90. The lowest BCUT2D eigenvalue weighted by molar-refractivity contribution is 1.26. The van der Waals surface area contributed by atoms with Gasteiger partial charge in [0.2, 0.25) is 0 Å². The summed E-state index contributed by atoms with van der Waals surface area (Å²) in [6, 6.07) is 55.9. The fourth-order valence-corrected chi connectivity index (χ4v) is 7.81. The van der Waals surface area contributed by atoms with E-state index in [0.717, 1.165) is 0 Å². The van der Waals surface area contributed by atoms with Crippen molar-refractivity contribution in [2.24, 2.45) is 0 Å². The predicted octanol–water partition coefficient (Wildman–Crippen LogP) is 9.03. The monoisotopic (exact) mass is 544 g/mol. The molecule has 7 aromatic carbocycles. The molecule has 0 N–H and O–H groups in total. The molecule has 0 saturated carbocycles. The van der Waals surface area contributed by atoms with Crippen LogP contribution in [0, 0.1) is 0 Å². The maximum Gasteiger partial charge on any atom is 0.333 e. The summed E-state index contributed by atoms with van der Waals surface area (Å²) in [5.41, 5.74) is 14.1. The van der Waals surface area contributed by atoms with E-state index in [2.05, 4.69) is 161 Å². The van der Waals surface area contributed by atoms with Gasteiger partial charge in [0.1, 0.15) is 0 Å². The number of nitrogens with zero attached hydrogens (tertiary/aromatic N) is 2. The summed E-state index contributed by atoms with van der Waals surface area (Å²) < 4.78 is 2.61. The number of hydrogen-bond donors (Lipinski definition) is 0. The van der Waals surface area contributed by atoms with Crippen molar-refractivity contribution in [1.29, 1.82) is 0 Å². The van der Waals surface area contributed by atoms with Crippen LogP contribution < -0.4 is 15.8 Å². The first kappa shape index (κ1) is 23.1. The van der Waals surface area contributed by atoms with Gasteiger partial charge in [0.15, 0.2) is 0 Å². The summed E-state index contributed by atoms with van der Waals surface area (Å²) in [4.78, 5) is 2.52. The van der Waals surface area contributed by atoms with E-state index in [1.807, 2.05) is 0 Å². The van der Waals surface area contributed by atoms with E-state index in [9.17, 15) is 0 Å². The molecule has 0 radical (unpaired) electrons. The van der Waals surface area contributed by atoms with E-state index in [1.165, 1.54) is 82.8 Å². The number of rotatable bonds is 2. The van der Waals surface area contributed by atoms with Crippen molar-refractivity contribution in [1.82, 2.24) is 4.48 Å². The molecule has 3 heterocycles. The molecule has 0 spiro atoms. The Morgan fingerprint density at radius 2 is 1.12 bits per heavy atom. The van der Waals surface area contributed by atoms with Gasteiger partial charge in [0.25, 0.3) is 0 Å². The van der Waals surface area contributed by atoms with Crippen LogP contribution in [0.1, 0.15) is 0 Å². The Hall–Kier alpha value is -5.54. The van der Waals surface area contributed by atoms with E-state index in [1.54, 1.807) is 0 Å². The van der Waals surface area contributed by atoms with Crippen LogP contribution in [-0.2, 0) is 0 Å². The quantitative estimate of drug-likeness (QED) is 0.197. The summed E-state index contributed by atoms with van der Waals surface area (Å²) >= 11 is 0. The zero-order valence-electron chi connectivity index (χ0n) is 23.4. The summed E-state index contributed by atoms with van der Waals surface area (Å²) in [5.74, 6) is 0. The lowest BCUT2D eigenvalue weighted by atomic mass is 9.45. The van der Waals surface area contributed by atoms with Gasteiger partial charge in [-0.2, -0.15) is 0 Å². The summed E-state index contributed by atoms with van der Waals surface area (Å²) in [7, 11) is 0. The highest BCUT2D eigenvalue weighted by atomic mass is 15.2. The van der Waals surface area contributed by atoms with Crippen LogP contribution in [0.3, 0.4) is 0 Å². The largest absolute Gasteiger partial charge is 0.375 e. The molecular weight excluding hydrogens is 519 g/mol. The average Bonchev–Trinajstić information content (AvgIpc) is 3.41. The van der Waals surface area contributed by atoms with Crippen molar-refractivity contribution in [3.63, 3.8) is 0 Å². The van der Waals surface area contributed by atoms with Gasteiger partial charge >= 0.3 is 6.85 Å². The minimum atomic E-state index is 0.0802. The molecule has 2 aliphatic heterocycles. The SMILES string of the molecule is c1ccc(-c2cc3ccccc3cc2N2c3ccccc3B3c4c(cccc42)-c2cccc4c5ccccc5n3c24)cc1. The van der Waals surface area contributed by atoms with Gasteiger partial charge in [0, 0.05) is 44.3 Å². The molecule has 0 bridgehead atoms. The third kappa shape index (κ3) is 3.03. The lowest BCUT2D eigenvalue weighted by Gasteiger charge is -2.41. The Labute approximate surface area is 250 Å². The van der Waals surface area contributed by atoms with Crippen molar-refractivity contribution in [2.45, 2.75) is 0 Å². The van der Waals surface area contributed by atoms with Crippen LogP contribution >= 0.6 is 0 Å². The van der Waals surface area contributed by atoms with Crippen LogP contribution in [0.4, 0.5) is 17.1 Å². The number of hydrogen-bond acceptors (Lipinski definition) is 1. The Morgan fingerprint density at radius 3 is 2.02 bits per heavy atom. The highest BCUT2D eigenvalue weighted by Gasteiger charge is 2.42. The van der Waals surface area contributed by atoms with E-state index in [4.69, 9.17) is 0 Å². The summed E-state index contributed by atoms with van der Waals surface area (Å²) in [6.45, 7) is 0.0802. The standard InChI is InChI=1S/C40H25BN2/c1-2-12-26(13-3-1)33-24-27-14-4-5-15-28(27)25-38(33)42-36-22-9-7-20-34(36)41-39-30(17-11-23-37(39)42)32-19-10-18-31-29-16-6-8-21-35(29)43(41)40(31)32/h1-25H. The molecule has 2 nitrogen and oxygen atoms in total. The van der Waals surface area contributed by atoms with E-state index in [0.29, 0.717) is 0 Å². The van der Waals surface area contributed by atoms with Gasteiger partial charge in [-0.25, -0.2) is 0 Å². The average molecular weight is 544 g/mol. The van der Waals surface area contributed by atoms with Gasteiger partial charge in [-0.1, -0.05) is 121 Å². The molecule has 10 rings (SSSR count). The van der Waals surface area contributed by atoms with Crippen LogP contribution in [0.15, 0.2) is 152 Å². The van der Waals surface area contributed by atoms with Crippen LogP contribution in [0.2, 0.25) is 0 Å². The van der Waals surface area contributed by atoms with E-state index >= 15 is 0 Å². The van der Waals surface area contributed by atoms with Crippen molar-refractivity contribution in [3.05, 3.63) is 152 Å². The molecule has 198 valence electrons. The van der Waals surface area contributed by atoms with Crippen molar-refractivity contribution < 1.29 is 0 Å². The van der Waals surface area contributed by atoms with Crippen LogP contribution in [0.25, 0.3) is 54.8 Å². The molecule has 0 unspecified atom stereocenters. The Kier molecular flexibility index (Phi) is 4.56. The van der Waals surface area contributed by atoms with E-state index < -0.39 is 0 Å². The lowest BCUT2D eigenvalue weighted by Crippen LogP contribution is -2.56. The maximum absolute atomic E-state index is 2.61. The topological polar surface area (TPSA) is 8.17 Å². The minimum absolute atomic E-state index is 0.0802. The Balaban J connectivity index is 1.35. The zero-order valence-corrected chi connectivity index (χ0v) is 23.4. The number of aromatic nitrogens is 1. The normalized spacial score (nSPS) is 13.0. The number of benzene rings is 7. The van der Waals surface area contributed by atoms with Crippen LogP contribution in [-0.4, -0.2) is 11.3 Å². The smallest absolute Gasteiger partial charge is 0.333 e. The fourth-order valence-electron chi connectivity index (χ4n) is 7.81. The first-order valence-corrected chi connectivity index (χ1v) is 15.0. The molecule has 0 amide bonds. The fraction of sp³-hybridized carbons (Fsp3) is 0. The molecule has 0 fully saturated rings. The first-order chi connectivity index (χ1) is 21.4. The third-order valence-corrected chi connectivity index (χ3v) is 9.54. The van der Waals surface area contributed by atoms with Crippen molar-refractivity contribution >= 4 is 67.4 Å². The maximum atomic E-state index is 2.61. The molecule has 3 heteroatoms. The number of fused-ring (bicyclic) bond motifs is 8. The zero-order chi connectivity index (χ0) is 28.1. The molecule has 0 atom stereocenters. The number of para-hydroxylation sites is 3. The molecule has 8 aromatic rings. The Bertz CT molecular complexity index is 2420. The van der Waals surface area contributed by atoms with Crippen molar-refractivity contribution in [2.75, 3.05) is 4.90 Å². The number of anilines is 3. The molecule has 1 aromatic heterocycles. The van der Waals surface area contributed by atoms with E-state index in [-0.39, 0.29) is 6.85 Å². The van der Waals surface area contributed by atoms with Gasteiger partial charge in [-0.3, -0.25) is 0 Å². The summed E-state index contributed by atoms with van der Waals surface area (Å²) in [6.07, 6.45) is 0. The van der Waals surface area contributed by atoms with Gasteiger partial charge in [-0.05, 0) is 63.2 Å².